The first kappa shape index (κ1) is 17.2. The van der Waals surface area contributed by atoms with Crippen molar-refractivity contribution in [1.29, 1.82) is 0 Å². The number of hydrogen-bond acceptors (Lipinski definition) is 3. The van der Waals surface area contributed by atoms with Crippen molar-refractivity contribution < 1.29 is 0 Å². The van der Waals surface area contributed by atoms with Gasteiger partial charge in [0.1, 0.15) is 0 Å². The van der Waals surface area contributed by atoms with Gasteiger partial charge in [-0.15, -0.1) is 0 Å². The summed E-state index contributed by atoms with van der Waals surface area (Å²) in [6.07, 6.45) is 6.79. The third kappa shape index (κ3) is 5.22. The van der Waals surface area contributed by atoms with Crippen LogP contribution in [0.4, 0.5) is 0 Å². The van der Waals surface area contributed by atoms with Crippen LogP contribution in [0.2, 0.25) is 0 Å². The summed E-state index contributed by atoms with van der Waals surface area (Å²) in [4.78, 5) is 8.08. The molecule has 3 nitrogen and oxygen atoms in total. The number of likely N-dealkylation sites (tertiary alicyclic amines) is 1. The van der Waals surface area contributed by atoms with Crippen molar-refractivity contribution in [1.82, 2.24) is 14.7 Å². The molecule has 2 aliphatic heterocycles. The first-order chi connectivity index (χ1) is 10.3. The average molecular weight is 296 g/mol. The van der Waals surface area contributed by atoms with Crippen LogP contribution in [-0.4, -0.2) is 73.1 Å². The number of rotatable bonds is 9. The summed E-state index contributed by atoms with van der Waals surface area (Å²) in [6, 6.07) is 0.864. The highest BCUT2D eigenvalue weighted by Crippen LogP contribution is 2.24. The van der Waals surface area contributed by atoms with E-state index in [9.17, 15) is 0 Å². The Bertz CT molecular complexity index is 268. The predicted octanol–water partition coefficient (Wildman–Crippen LogP) is 2.91. The summed E-state index contributed by atoms with van der Waals surface area (Å²) in [5.41, 5.74) is 0. The molecule has 0 aromatic heterocycles. The Morgan fingerprint density at radius 2 is 1.57 bits per heavy atom. The van der Waals surface area contributed by atoms with E-state index in [1.165, 1.54) is 84.5 Å². The second-order valence-electron chi connectivity index (χ2n) is 7.17. The highest BCUT2D eigenvalue weighted by Gasteiger charge is 2.32. The van der Waals surface area contributed by atoms with Crippen molar-refractivity contribution in [2.45, 2.75) is 58.9 Å². The molecule has 0 amide bonds. The minimum absolute atomic E-state index is 0.864. The molecule has 21 heavy (non-hydrogen) atoms. The van der Waals surface area contributed by atoms with Crippen molar-refractivity contribution >= 4 is 0 Å². The van der Waals surface area contributed by atoms with Crippen molar-refractivity contribution in [3.8, 4) is 0 Å². The van der Waals surface area contributed by atoms with Crippen LogP contribution in [0, 0.1) is 5.92 Å². The molecule has 1 unspecified atom stereocenters. The fraction of sp³-hybridized carbons (Fsp3) is 1.00. The smallest absolute Gasteiger partial charge is 0.0110 e. The largest absolute Gasteiger partial charge is 0.301 e. The zero-order valence-corrected chi connectivity index (χ0v) is 14.7. The normalized spacial score (nSPS) is 24.1. The zero-order chi connectivity index (χ0) is 15.1. The fourth-order valence-corrected chi connectivity index (χ4v) is 3.98. The molecule has 2 rings (SSSR count). The molecule has 0 aromatic carbocycles. The van der Waals surface area contributed by atoms with Crippen molar-refractivity contribution in [3.63, 3.8) is 0 Å². The van der Waals surface area contributed by atoms with Crippen LogP contribution in [0.3, 0.4) is 0 Å². The molecule has 0 N–H and O–H groups in total. The van der Waals surface area contributed by atoms with E-state index >= 15 is 0 Å². The Kier molecular flexibility index (Phi) is 7.48. The van der Waals surface area contributed by atoms with Crippen molar-refractivity contribution in [2.75, 3.05) is 52.4 Å². The van der Waals surface area contributed by atoms with Gasteiger partial charge >= 0.3 is 0 Å². The molecule has 0 saturated carbocycles. The highest BCUT2D eigenvalue weighted by atomic mass is 15.3. The van der Waals surface area contributed by atoms with Crippen molar-refractivity contribution in [3.05, 3.63) is 0 Å². The molecule has 2 fully saturated rings. The van der Waals surface area contributed by atoms with Gasteiger partial charge < -0.3 is 9.80 Å². The molecule has 2 heterocycles. The number of unbranched alkanes of at least 4 members (excludes halogenated alkanes) is 1. The van der Waals surface area contributed by atoms with Crippen molar-refractivity contribution in [2.24, 2.45) is 5.92 Å². The minimum Gasteiger partial charge on any atom is -0.301 e. The average Bonchev–Trinajstić information content (AvgIpc) is 2.47. The van der Waals surface area contributed by atoms with Gasteiger partial charge in [-0.25, -0.2) is 0 Å². The summed E-state index contributed by atoms with van der Waals surface area (Å²) in [5, 5.41) is 0. The van der Waals surface area contributed by atoms with E-state index in [1.807, 2.05) is 0 Å². The third-order valence-corrected chi connectivity index (χ3v) is 5.39. The maximum atomic E-state index is 2.74. The van der Waals surface area contributed by atoms with Crippen LogP contribution in [0.25, 0.3) is 0 Å². The first-order valence-electron chi connectivity index (χ1n) is 9.45. The predicted molar refractivity (Wildman–Crippen MR) is 91.8 cm³/mol. The quantitative estimate of drug-likeness (QED) is 0.647. The van der Waals surface area contributed by atoms with Crippen LogP contribution in [0.5, 0.6) is 0 Å². The lowest BCUT2D eigenvalue weighted by atomic mass is 9.93. The second-order valence-corrected chi connectivity index (χ2v) is 7.17. The highest BCUT2D eigenvalue weighted by molar-refractivity contribution is 4.87. The molecule has 2 aliphatic rings. The first-order valence-corrected chi connectivity index (χ1v) is 9.45. The molecule has 0 aromatic rings. The molecule has 1 atom stereocenters. The number of piperazine rings is 1. The summed E-state index contributed by atoms with van der Waals surface area (Å²) >= 11 is 0. The molecule has 2 saturated heterocycles. The van der Waals surface area contributed by atoms with Gasteiger partial charge in [-0.2, -0.15) is 0 Å². The molecule has 0 aliphatic carbocycles. The standard InChI is InChI=1S/C18H37N3/c1-4-7-8-18(6-3)21-15-17(16-21)14-20-12-10-19(9-5-2)11-13-20/h17-18H,4-16H2,1-3H3. The van der Waals surface area contributed by atoms with E-state index in [-0.39, 0.29) is 0 Å². The SMILES string of the molecule is CCCCC(CC)N1CC(CN2CCN(CCC)CC2)C1. The van der Waals surface area contributed by atoms with E-state index in [2.05, 4.69) is 35.5 Å². The summed E-state index contributed by atoms with van der Waals surface area (Å²) in [7, 11) is 0. The van der Waals surface area contributed by atoms with Gasteiger partial charge in [0.05, 0.1) is 0 Å². The lowest BCUT2D eigenvalue weighted by molar-refractivity contribution is 0.0146. The Balaban J connectivity index is 1.60. The molecular formula is C18H37N3. The van der Waals surface area contributed by atoms with Crippen LogP contribution >= 0.6 is 0 Å². The van der Waals surface area contributed by atoms with Gasteiger partial charge in [0.25, 0.3) is 0 Å². The van der Waals surface area contributed by atoms with Gasteiger partial charge in [0.15, 0.2) is 0 Å². The molecule has 0 radical (unpaired) electrons. The summed E-state index contributed by atoms with van der Waals surface area (Å²) < 4.78 is 0. The third-order valence-electron chi connectivity index (χ3n) is 5.39. The van der Waals surface area contributed by atoms with Gasteiger partial charge in [0.2, 0.25) is 0 Å². The van der Waals surface area contributed by atoms with Gasteiger partial charge in [-0.05, 0) is 31.7 Å². The number of nitrogens with zero attached hydrogens (tertiary/aromatic N) is 3. The molecule has 0 spiro atoms. The van der Waals surface area contributed by atoms with Crippen LogP contribution < -0.4 is 0 Å². The van der Waals surface area contributed by atoms with Gasteiger partial charge in [0, 0.05) is 51.9 Å². The molecule has 124 valence electrons. The Hall–Kier alpha value is -0.120. The van der Waals surface area contributed by atoms with E-state index < -0.39 is 0 Å². The maximum absolute atomic E-state index is 2.74. The lowest BCUT2D eigenvalue weighted by Crippen LogP contribution is -2.57. The fourth-order valence-electron chi connectivity index (χ4n) is 3.98. The molecule has 0 bridgehead atoms. The second kappa shape index (κ2) is 9.12. The Labute approximate surface area is 132 Å². The zero-order valence-electron chi connectivity index (χ0n) is 14.7. The van der Waals surface area contributed by atoms with E-state index in [0.29, 0.717) is 0 Å². The monoisotopic (exact) mass is 295 g/mol. The van der Waals surface area contributed by atoms with Crippen LogP contribution in [-0.2, 0) is 0 Å². The Morgan fingerprint density at radius 1 is 0.905 bits per heavy atom. The summed E-state index contributed by atoms with van der Waals surface area (Å²) in [6.45, 7) is 17.5. The van der Waals surface area contributed by atoms with Gasteiger partial charge in [-0.3, -0.25) is 4.90 Å². The van der Waals surface area contributed by atoms with Gasteiger partial charge in [-0.1, -0.05) is 33.6 Å². The van der Waals surface area contributed by atoms with Crippen LogP contribution in [0.1, 0.15) is 52.9 Å². The van der Waals surface area contributed by atoms with E-state index in [0.717, 1.165) is 12.0 Å². The minimum atomic E-state index is 0.864. The van der Waals surface area contributed by atoms with E-state index in [1.54, 1.807) is 0 Å². The lowest BCUT2D eigenvalue weighted by Gasteiger charge is -2.47. The summed E-state index contributed by atoms with van der Waals surface area (Å²) in [5.74, 6) is 0.943. The maximum Gasteiger partial charge on any atom is 0.0110 e. The Morgan fingerprint density at radius 3 is 2.14 bits per heavy atom. The van der Waals surface area contributed by atoms with E-state index in [4.69, 9.17) is 0 Å². The topological polar surface area (TPSA) is 9.72 Å². The van der Waals surface area contributed by atoms with Crippen LogP contribution in [0.15, 0.2) is 0 Å². The molecule has 3 heteroatoms. The molecular weight excluding hydrogens is 258 g/mol. The number of hydrogen-bond donors (Lipinski definition) is 0.